The van der Waals surface area contributed by atoms with Crippen LogP contribution in [0.3, 0.4) is 0 Å². The summed E-state index contributed by atoms with van der Waals surface area (Å²) >= 11 is 0. The van der Waals surface area contributed by atoms with Crippen molar-refractivity contribution in [2.24, 2.45) is 5.92 Å². The molecule has 1 aliphatic rings. The highest BCUT2D eigenvalue weighted by atomic mass is 15.1. The standard InChI is InChI=1S/C11H16N4/c1-2-14-11(7-12,10-3-4-10)8-15-6-5-13-9-15/h5-6,9-10,14H,2-4,8H2,1H3. The van der Waals surface area contributed by atoms with E-state index in [0.29, 0.717) is 12.5 Å². The summed E-state index contributed by atoms with van der Waals surface area (Å²) in [6, 6.07) is 2.46. The largest absolute Gasteiger partial charge is 0.335 e. The van der Waals surface area contributed by atoms with Crippen LogP contribution in [-0.2, 0) is 6.54 Å². The number of imidazole rings is 1. The Kier molecular flexibility index (Phi) is 2.74. The lowest BCUT2D eigenvalue weighted by Gasteiger charge is -2.27. The van der Waals surface area contributed by atoms with Crippen molar-refractivity contribution < 1.29 is 0 Å². The van der Waals surface area contributed by atoms with E-state index in [4.69, 9.17) is 0 Å². The first-order valence-corrected chi connectivity index (χ1v) is 5.43. The summed E-state index contributed by atoms with van der Waals surface area (Å²) in [5, 5.41) is 12.7. The van der Waals surface area contributed by atoms with Crippen molar-refractivity contribution in [3.8, 4) is 6.07 Å². The van der Waals surface area contributed by atoms with E-state index in [1.54, 1.807) is 12.5 Å². The number of likely N-dealkylation sites (N-methyl/N-ethyl adjacent to an activating group) is 1. The average Bonchev–Trinajstić information content (AvgIpc) is 2.98. The lowest BCUT2D eigenvalue weighted by Crippen LogP contribution is -2.49. The van der Waals surface area contributed by atoms with Crippen LogP contribution in [-0.4, -0.2) is 21.6 Å². The fraction of sp³-hybridized carbons (Fsp3) is 0.636. The molecule has 80 valence electrons. The molecule has 4 nitrogen and oxygen atoms in total. The minimum absolute atomic E-state index is 0.393. The first-order chi connectivity index (χ1) is 7.30. The van der Waals surface area contributed by atoms with Crippen LogP contribution in [0, 0.1) is 17.2 Å². The fourth-order valence-corrected chi connectivity index (χ4v) is 2.06. The Morgan fingerprint density at radius 3 is 2.93 bits per heavy atom. The van der Waals surface area contributed by atoms with Gasteiger partial charge in [-0.3, -0.25) is 5.32 Å². The van der Waals surface area contributed by atoms with Gasteiger partial charge in [0.1, 0.15) is 5.54 Å². The number of hydrogen-bond acceptors (Lipinski definition) is 3. The highest BCUT2D eigenvalue weighted by Gasteiger charge is 2.45. The molecule has 1 aliphatic carbocycles. The van der Waals surface area contributed by atoms with Gasteiger partial charge in [0.05, 0.1) is 18.9 Å². The van der Waals surface area contributed by atoms with Crippen LogP contribution in [0.5, 0.6) is 0 Å². The van der Waals surface area contributed by atoms with E-state index < -0.39 is 5.54 Å². The van der Waals surface area contributed by atoms with Crippen molar-refractivity contribution in [1.82, 2.24) is 14.9 Å². The third-order valence-corrected chi connectivity index (χ3v) is 2.96. The average molecular weight is 204 g/mol. The number of nitriles is 1. The minimum Gasteiger partial charge on any atom is -0.335 e. The quantitative estimate of drug-likeness (QED) is 0.783. The Morgan fingerprint density at radius 1 is 1.67 bits per heavy atom. The van der Waals surface area contributed by atoms with Crippen LogP contribution in [0.2, 0.25) is 0 Å². The Bertz CT molecular complexity index is 347. The lowest BCUT2D eigenvalue weighted by molar-refractivity contribution is 0.324. The molecular formula is C11H16N4. The molecule has 1 aromatic heterocycles. The summed E-state index contributed by atoms with van der Waals surface area (Å²) in [6.45, 7) is 3.57. The van der Waals surface area contributed by atoms with Crippen LogP contribution < -0.4 is 5.32 Å². The lowest BCUT2D eigenvalue weighted by atomic mass is 9.95. The van der Waals surface area contributed by atoms with Crippen molar-refractivity contribution in [3.05, 3.63) is 18.7 Å². The Labute approximate surface area is 89.9 Å². The van der Waals surface area contributed by atoms with Crippen molar-refractivity contribution in [2.75, 3.05) is 6.54 Å². The third-order valence-electron chi connectivity index (χ3n) is 2.96. The molecule has 1 atom stereocenters. The SMILES string of the molecule is CCNC(C#N)(Cn1ccnc1)C1CC1. The van der Waals surface area contributed by atoms with E-state index >= 15 is 0 Å². The van der Waals surface area contributed by atoms with Crippen LogP contribution in [0.1, 0.15) is 19.8 Å². The summed E-state index contributed by atoms with van der Waals surface area (Å²) in [5.74, 6) is 0.504. The number of rotatable bonds is 5. The van der Waals surface area contributed by atoms with E-state index in [1.165, 1.54) is 0 Å². The molecule has 2 rings (SSSR count). The third kappa shape index (κ3) is 2.02. The van der Waals surface area contributed by atoms with Crippen LogP contribution in [0.25, 0.3) is 0 Å². The van der Waals surface area contributed by atoms with Crippen molar-refractivity contribution in [2.45, 2.75) is 31.8 Å². The molecule has 1 N–H and O–H groups in total. The van der Waals surface area contributed by atoms with Crippen molar-refractivity contribution in [3.63, 3.8) is 0 Å². The first kappa shape index (κ1) is 10.2. The number of aromatic nitrogens is 2. The van der Waals surface area contributed by atoms with E-state index in [9.17, 15) is 5.26 Å². The summed E-state index contributed by atoms with van der Waals surface area (Å²) in [5.41, 5.74) is -0.393. The Morgan fingerprint density at radius 2 is 2.47 bits per heavy atom. The summed E-state index contributed by atoms with van der Waals surface area (Å²) in [4.78, 5) is 4.01. The zero-order valence-electron chi connectivity index (χ0n) is 8.98. The monoisotopic (exact) mass is 204 g/mol. The fourth-order valence-electron chi connectivity index (χ4n) is 2.06. The predicted octanol–water partition coefficient (Wildman–Crippen LogP) is 1.16. The van der Waals surface area contributed by atoms with Gasteiger partial charge in [0, 0.05) is 12.4 Å². The Hall–Kier alpha value is -1.34. The van der Waals surface area contributed by atoms with E-state index in [2.05, 4.69) is 16.4 Å². The topological polar surface area (TPSA) is 53.6 Å². The molecule has 1 unspecified atom stereocenters. The second-order valence-corrected chi connectivity index (χ2v) is 4.12. The Balaban J connectivity index is 2.14. The maximum atomic E-state index is 9.37. The molecule has 0 amide bonds. The van der Waals surface area contributed by atoms with Crippen molar-refractivity contribution in [1.29, 1.82) is 5.26 Å². The van der Waals surface area contributed by atoms with E-state index in [1.807, 2.05) is 17.7 Å². The predicted molar refractivity (Wildman–Crippen MR) is 57.0 cm³/mol. The molecule has 1 aromatic rings. The summed E-state index contributed by atoms with van der Waals surface area (Å²) in [7, 11) is 0. The van der Waals surface area contributed by atoms with Gasteiger partial charge < -0.3 is 4.57 Å². The minimum atomic E-state index is -0.393. The highest BCUT2D eigenvalue weighted by molar-refractivity contribution is 5.15. The maximum absolute atomic E-state index is 9.37. The summed E-state index contributed by atoms with van der Waals surface area (Å²) < 4.78 is 1.98. The molecule has 0 saturated heterocycles. The van der Waals surface area contributed by atoms with Gasteiger partial charge in [0.2, 0.25) is 0 Å². The first-order valence-electron chi connectivity index (χ1n) is 5.43. The normalized spacial score (nSPS) is 19.5. The molecule has 1 saturated carbocycles. The smallest absolute Gasteiger partial charge is 0.127 e. The summed E-state index contributed by atoms with van der Waals surface area (Å²) in [6.07, 6.45) is 7.75. The number of hydrogen-bond donors (Lipinski definition) is 1. The number of nitrogens with one attached hydrogen (secondary N) is 1. The van der Waals surface area contributed by atoms with Gasteiger partial charge in [-0.15, -0.1) is 0 Å². The van der Waals surface area contributed by atoms with Gasteiger partial charge in [-0.05, 0) is 25.3 Å². The van der Waals surface area contributed by atoms with Crippen molar-refractivity contribution >= 4 is 0 Å². The molecule has 0 aliphatic heterocycles. The molecule has 0 aromatic carbocycles. The van der Waals surface area contributed by atoms with Gasteiger partial charge in [0.25, 0.3) is 0 Å². The van der Waals surface area contributed by atoms with Crippen LogP contribution >= 0.6 is 0 Å². The number of nitrogens with zero attached hydrogens (tertiary/aromatic N) is 3. The second kappa shape index (κ2) is 4.03. The molecule has 0 spiro atoms. The second-order valence-electron chi connectivity index (χ2n) is 4.12. The van der Waals surface area contributed by atoms with Gasteiger partial charge >= 0.3 is 0 Å². The van der Waals surface area contributed by atoms with Gasteiger partial charge in [0.15, 0.2) is 0 Å². The molecule has 15 heavy (non-hydrogen) atoms. The molecule has 1 fully saturated rings. The van der Waals surface area contributed by atoms with Gasteiger partial charge in [-0.1, -0.05) is 6.92 Å². The molecule has 0 radical (unpaired) electrons. The van der Waals surface area contributed by atoms with Crippen LogP contribution in [0.4, 0.5) is 0 Å². The highest BCUT2D eigenvalue weighted by Crippen LogP contribution is 2.40. The van der Waals surface area contributed by atoms with Gasteiger partial charge in [-0.25, -0.2) is 4.98 Å². The molecule has 4 heteroatoms. The molecular weight excluding hydrogens is 188 g/mol. The zero-order valence-corrected chi connectivity index (χ0v) is 8.98. The molecule has 1 heterocycles. The maximum Gasteiger partial charge on any atom is 0.127 e. The van der Waals surface area contributed by atoms with Gasteiger partial charge in [-0.2, -0.15) is 5.26 Å². The molecule has 0 bridgehead atoms. The zero-order chi connectivity index (χ0) is 10.7. The van der Waals surface area contributed by atoms with E-state index in [0.717, 1.165) is 19.4 Å². The van der Waals surface area contributed by atoms with E-state index in [-0.39, 0.29) is 0 Å². The van der Waals surface area contributed by atoms with Crippen LogP contribution in [0.15, 0.2) is 18.7 Å².